The van der Waals surface area contributed by atoms with Crippen molar-refractivity contribution < 1.29 is 28.6 Å². The molecular formula is C61H100O6. The van der Waals surface area contributed by atoms with Gasteiger partial charge in [-0.15, -0.1) is 0 Å². The second kappa shape index (κ2) is 54.7. The first-order valence-electron chi connectivity index (χ1n) is 27.4. The monoisotopic (exact) mass is 929 g/mol. The van der Waals surface area contributed by atoms with E-state index in [4.69, 9.17) is 14.2 Å². The number of unbranched alkanes of at least 4 members (excludes halogenated alkanes) is 21. The van der Waals surface area contributed by atoms with E-state index >= 15 is 0 Å². The van der Waals surface area contributed by atoms with Crippen LogP contribution in [0.1, 0.15) is 239 Å². The SMILES string of the molecule is CC/C=C\C/C=C\C/C=C\C/C=C\C/C=C\CCCC(=O)OC(COC(=O)CCCCC/C=C\CCCCCCCCC)COC(=O)CCCCCCC\C=C/C=C\C=C/CCCCCCC. The van der Waals surface area contributed by atoms with E-state index in [1.54, 1.807) is 0 Å². The van der Waals surface area contributed by atoms with Gasteiger partial charge in [0.05, 0.1) is 0 Å². The Morgan fingerprint density at radius 1 is 0.328 bits per heavy atom. The Hall–Kier alpha value is -3.93. The molecule has 0 amide bonds. The molecule has 0 aliphatic rings. The molecule has 0 aromatic carbocycles. The normalized spacial score (nSPS) is 12.9. The minimum atomic E-state index is -0.824. The average molecular weight is 929 g/mol. The van der Waals surface area contributed by atoms with E-state index in [1.807, 2.05) is 0 Å². The largest absolute Gasteiger partial charge is 0.462 e. The first kappa shape index (κ1) is 63.1. The molecule has 6 heteroatoms. The second-order valence-corrected chi connectivity index (χ2v) is 17.8. The van der Waals surface area contributed by atoms with Crippen LogP contribution in [0.5, 0.6) is 0 Å². The zero-order chi connectivity index (χ0) is 48.6. The molecule has 0 aromatic rings. The van der Waals surface area contributed by atoms with Crippen molar-refractivity contribution in [2.45, 2.75) is 245 Å². The highest BCUT2D eigenvalue weighted by molar-refractivity contribution is 5.71. The third-order valence-electron chi connectivity index (χ3n) is 11.3. The molecular weight excluding hydrogens is 829 g/mol. The smallest absolute Gasteiger partial charge is 0.306 e. The molecule has 0 aliphatic heterocycles. The van der Waals surface area contributed by atoms with E-state index in [0.717, 1.165) is 116 Å². The minimum absolute atomic E-state index is 0.117. The summed E-state index contributed by atoms with van der Waals surface area (Å²) in [7, 11) is 0. The fraction of sp³-hybridized carbons (Fsp3) is 0.656. The van der Waals surface area contributed by atoms with Crippen LogP contribution >= 0.6 is 0 Å². The van der Waals surface area contributed by atoms with Crippen molar-refractivity contribution in [2.24, 2.45) is 0 Å². The Balaban J connectivity index is 4.55. The molecule has 0 saturated heterocycles. The molecule has 0 saturated carbocycles. The number of esters is 3. The Kier molecular flexibility index (Phi) is 51.5. The average Bonchev–Trinajstić information content (AvgIpc) is 3.33. The second-order valence-electron chi connectivity index (χ2n) is 17.8. The highest BCUT2D eigenvalue weighted by Crippen LogP contribution is 2.13. The van der Waals surface area contributed by atoms with Gasteiger partial charge in [-0.1, -0.05) is 220 Å². The molecule has 0 radical (unpaired) electrons. The maximum atomic E-state index is 12.8. The van der Waals surface area contributed by atoms with Crippen LogP contribution in [0.2, 0.25) is 0 Å². The highest BCUT2D eigenvalue weighted by atomic mass is 16.6. The third-order valence-corrected chi connectivity index (χ3v) is 11.3. The molecule has 0 fully saturated rings. The van der Waals surface area contributed by atoms with Gasteiger partial charge in [0.2, 0.25) is 0 Å². The van der Waals surface area contributed by atoms with Crippen LogP contribution in [-0.2, 0) is 28.6 Å². The van der Waals surface area contributed by atoms with Crippen LogP contribution in [0.4, 0.5) is 0 Å². The van der Waals surface area contributed by atoms with Gasteiger partial charge in [0.15, 0.2) is 6.10 Å². The summed E-state index contributed by atoms with van der Waals surface area (Å²) in [4.78, 5) is 38.1. The van der Waals surface area contributed by atoms with Gasteiger partial charge in [-0.05, 0) is 109 Å². The number of hydrogen-bond donors (Lipinski definition) is 0. The van der Waals surface area contributed by atoms with Crippen LogP contribution in [0.25, 0.3) is 0 Å². The maximum Gasteiger partial charge on any atom is 0.306 e. The van der Waals surface area contributed by atoms with Crippen LogP contribution < -0.4 is 0 Å². The van der Waals surface area contributed by atoms with Crippen molar-refractivity contribution >= 4 is 17.9 Å². The van der Waals surface area contributed by atoms with Gasteiger partial charge in [0.25, 0.3) is 0 Å². The predicted octanol–water partition coefficient (Wildman–Crippen LogP) is 18.3. The summed E-state index contributed by atoms with van der Waals surface area (Å²) >= 11 is 0. The van der Waals surface area contributed by atoms with Crippen LogP contribution in [-0.4, -0.2) is 37.2 Å². The van der Waals surface area contributed by atoms with E-state index < -0.39 is 6.10 Å². The highest BCUT2D eigenvalue weighted by Gasteiger charge is 2.19. The summed E-state index contributed by atoms with van der Waals surface area (Å²) < 4.78 is 16.8. The Morgan fingerprint density at radius 2 is 0.657 bits per heavy atom. The van der Waals surface area contributed by atoms with Gasteiger partial charge in [-0.3, -0.25) is 14.4 Å². The van der Waals surface area contributed by atoms with Gasteiger partial charge < -0.3 is 14.2 Å². The van der Waals surface area contributed by atoms with E-state index in [-0.39, 0.29) is 37.5 Å². The molecule has 0 spiro atoms. The Morgan fingerprint density at radius 3 is 1.10 bits per heavy atom. The molecule has 0 rings (SSSR count). The fourth-order valence-corrected chi connectivity index (χ4v) is 7.18. The maximum absolute atomic E-state index is 12.8. The number of ether oxygens (including phenoxy) is 3. The molecule has 0 aromatic heterocycles. The Labute approximate surface area is 412 Å². The zero-order valence-corrected chi connectivity index (χ0v) is 43.4. The molecule has 0 N–H and O–H groups in total. The summed E-state index contributed by atoms with van der Waals surface area (Å²) in [6.07, 6.45) is 73.6. The number of hydrogen-bond acceptors (Lipinski definition) is 6. The molecule has 67 heavy (non-hydrogen) atoms. The van der Waals surface area contributed by atoms with Crippen molar-refractivity contribution in [1.29, 1.82) is 0 Å². The first-order valence-corrected chi connectivity index (χ1v) is 27.4. The lowest BCUT2D eigenvalue weighted by Gasteiger charge is -2.18. The number of allylic oxidation sites excluding steroid dienone is 18. The van der Waals surface area contributed by atoms with Gasteiger partial charge >= 0.3 is 17.9 Å². The Bertz CT molecular complexity index is 1390. The van der Waals surface area contributed by atoms with Crippen molar-refractivity contribution in [1.82, 2.24) is 0 Å². The predicted molar refractivity (Wildman–Crippen MR) is 288 cm³/mol. The fourth-order valence-electron chi connectivity index (χ4n) is 7.18. The lowest BCUT2D eigenvalue weighted by molar-refractivity contribution is -0.167. The van der Waals surface area contributed by atoms with Crippen LogP contribution in [0, 0.1) is 0 Å². The van der Waals surface area contributed by atoms with E-state index in [2.05, 4.69) is 130 Å². The summed E-state index contributed by atoms with van der Waals surface area (Å²) in [6, 6.07) is 0. The van der Waals surface area contributed by atoms with Crippen molar-refractivity contribution in [3.63, 3.8) is 0 Å². The molecule has 6 nitrogen and oxygen atoms in total. The van der Waals surface area contributed by atoms with Crippen LogP contribution in [0.15, 0.2) is 109 Å². The molecule has 1 unspecified atom stereocenters. The van der Waals surface area contributed by atoms with Gasteiger partial charge in [-0.2, -0.15) is 0 Å². The van der Waals surface area contributed by atoms with Crippen LogP contribution in [0.3, 0.4) is 0 Å². The summed E-state index contributed by atoms with van der Waals surface area (Å²) in [6.45, 7) is 6.42. The van der Waals surface area contributed by atoms with Crippen molar-refractivity contribution in [3.05, 3.63) is 109 Å². The van der Waals surface area contributed by atoms with E-state index in [9.17, 15) is 14.4 Å². The summed E-state index contributed by atoms with van der Waals surface area (Å²) in [5, 5.41) is 0. The standard InChI is InChI=1S/C61H100O6/c1-4-7-10-13-16-19-22-25-28-30-32-33-36-39-42-45-48-51-54-60(63)66-57-58(56-65-59(62)53-50-47-44-41-38-35-27-24-21-18-15-12-9-6-3)67-61(64)55-52-49-46-43-40-37-34-31-29-26-23-20-17-14-11-8-5-2/h8,11,17,20,22,25-26,28-30,32-35,37-38,43,46,58H,4-7,9-10,12-16,18-19,21,23-24,27,31,36,39-42,44-45,47-57H2,1-3H3/b11-8-,20-17-,25-22-,29-26-,30-28-,33-32-,37-34-,38-35-,46-43-. The first-order chi connectivity index (χ1) is 33.0. The molecule has 0 aliphatic carbocycles. The minimum Gasteiger partial charge on any atom is -0.462 e. The number of carbonyl (C=O) groups excluding carboxylic acids is 3. The van der Waals surface area contributed by atoms with Gasteiger partial charge in [-0.25, -0.2) is 0 Å². The van der Waals surface area contributed by atoms with E-state index in [1.165, 1.54) is 77.0 Å². The third kappa shape index (κ3) is 52.9. The lowest BCUT2D eigenvalue weighted by atomic mass is 10.1. The number of rotatable bonds is 48. The zero-order valence-electron chi connectivity index (χ0n) is 43.4. The molecule has 0 heterocycles. The molecule has 380 valence electrons. The van der Waals surface area contributed by atoms with Crippen molar-refractivity contribution in [3.8, 4) is 0 Å². The summed E-state index contributed by atoms with van der Waals surface area (Å²) in [5.41, 5.74) is 0. The molecule has 1 atom stereocenters. The van der Waals surface area contributed by atoms with Gasteiger partial charge in [0.1, 0.15) is 13.2 Å². The van der Waals surface area contributed by atoms with Gasteiger partial charge in [0, 0.05) is 19.3 Å². The number of carbonyl (C=O) groups is 3. The lowest BCUT2D eigenvalue weighted by Crippen LogP contribution is -2.30. The van der Waals surface area contributed by atoms with E-state index in [0.29, 0.717) is 19.3 Å². The topological polar surface area (TPSA) is 78.9 Å². The van der Waals surface area contributed by atoms with Crippen molar-refractivity contribution in [2.75, 3.05) is 13.2 Å². The quantitative estimate of drug-likeness (QED) is 0.0199. The molecule has 0 bridgehead atoms. The summed E-state index contributed by atoms with van der Waals surface area (Å²) in [5.74, 6) is -1.01.